The van der Waals surface area contributed by atoms with Gasteiger partial charge in [0.05, 0.1) is 24.9 Å². The molecular weight excluding hydrogens is 264 g/mol. The standard InChI is InChI=1S/C17H28O2Si/c1-17(11-10-16(19-17)13-20(2,3)4)14-18-12-15-8-6-5-7-9-15/h5-9,16H,10-14H2,1-4H3/t16-,17-/m0/s1. The Balaban J connectivity index is 1.76. The van der Waals surface area contributed by atoms with Crippen LogP contribution < -0.4 is 0 Å². The van der Waals surface area contributed by atoms with Gasteiger partial charge in [0.1, 0.15) is 0 Å². The minimum absolute atomic E-state index is 0.0842. The van der Waals surface area contributed by atoms with Crippen LogP contribution >= 0.6 is 0 Å². The summed E-state index contributed by atoms with van der Waals surface area (Å²) in [5.41, 5.74) is 1.15. The van der Waals surface area contributed by atoms with Crippen molar-refractivity contribution >= 4 is 8.07 Å². The SMILES string of the molecule is C[C@@]1(COCc2ccccc2)CC[C@@H](C[Si](C)(C)C)O1. The fourth-order valence-corrected chi connectivity index (χ4v) is 4.53. The van der Waals surface area contributed by atoms with Gasteiger partial charge >= 0.3 is 0 Å². The summed E-state index contributed by atoms with van der Waals surface area (Å²) in [7, 11) is -1.03. The molecule has 0 bridgehead atoms. The van der Waals surface area contributed by atoms with Crippen molar-refractivity contribution in [2.75, 3.05) is 6.61 Å². The Morgan fingerprint density at radius 3 is 2.60 bits per heavy atom. The number of hydrogen-bond donors (Lipinski definition) is 0. The molecule has 0 radical (unpaired) electrons. The highest BCUT2D eigenvalue weighted by Crippen LogP contribution is 2.34. The predicted octanol–water partition coefficient (Wildman–Crippen LogP) is 4.48. The van der Waals surface area contributed by atoms with E-state index in [1.54, 1.807) is 0 Å². The predicted molar refractivity (Wildman–Crippen MR) is 86.8 cm³/mol. The molecule has 1 aliphatic heterocycles. The summed E-state index contributed by atoms with van der Waals surface area (Å²) >= 11 is 0. The summed E-state index contributed by atoms with van der Waals surface area (Å²) in [5.74, 6) is 0. The molecule has 0 saturated carbocycles. The van der Waals surface area contributed by atoms with Crippen LogP contribution in [-0.4, -0.2) is 26.4 Å². The van der Waals surface area contributed by atoms with E-state index >= 15 is 0 Å². The third kappa shape index (κ3) is 5.04. The van der Waals surface area contributed by atoms with Gasteiger partial charge in [-0.05, 0) is 31.4 Å². The fourth-order valence-electron chi connectivity index (χ4n) is 2.88. The summed E-state index contributed by atoms with van der Waals surface area (Å²) in [5, 5.41) is 0. The maximum atomic E-state index is 6.27. The van der Waals surface area contributed by atoms with Crippen molar-refractivity contribution in [2.45, 2.75) is 63.8 Å². The van der Waals surface area contributed by atoms with Gasteiger partial charge in [-0.25, -0.2) is 0 Å². The lowest BCUT2D eigenvalue weighted by Crippen LogP contribution is -2.33. The lowest BCUT2D eigenvalue weighted by Gasteiger charge is -2.27. The highest BCUT2D eigenvalue weighted by Gasteiger charge is 2.37. The molecule has 2 nitrogen and oxygen atoms in total. The fraction of sp³-hybridized carbons (Fsp3) is 0.647. The summed E-state index contributed by atoms with van der Waals surface area (Å²) in [6, 6.07) is 11.6. The van der Waals surface area contributed by atoms with Crippen LogP contribution in [0.15, 0.2) is 30.3 Å². The normalized spacial score (nSPS) is 26.9. The molecule has 0 amide bonds. The van der Waals surface area contributed by atoms with Crippen molar-refractivity contribution in [2.24, 2.45) is 0 Å². The molecule has 0 unspecified atom stereocenters. The number of rotatable bonds is 6. The van der Waals surface area contributed by atoms with E-state index in [1.807, 2.05) is 6.07 Å². The molecule has 112 valence electrons. The Hall–Kier alpha value is -0.643. The molecule has 0 spiro atoms. The highest BCUT2D eigenvalue weighted by molar-refractivity contribution is 6.76. The third-order valence-electron chi connectivity index (χ3n) is 3.81. The van der Waals surface area contributed by atoms with Crippen LogP contribution in [0.1, 0.15) is 25.3 Å². The van der Waals surface area contributed by atoms with Crippen LogP contribution in [0.3, 0.4) is 0 Å². The van der Waals surface area contributed by atoms with Gasteiger partial charge < -0.3 is 9.47 Å². The smallest absolute Gasteiger partial charge is 0.0891 e. The zero-order valence-corrected chi connectivity index (χ0v) is 14.3. The molecule has 0 aliphatic carbocycles. The van der Waals surface area contributed by atoms with Crippen LogP contribution in [0.5, 0.6) is 0 Å². The first-order chi connectivity index (χ1) is 9.36. The van der Waals surface area contributed by atoms with Gasteiger partial charge in [-0.15, -0.1) is 0 Å². The summed E-state index contributed by atoms with van der Waals surface area (Å²) in [6.45, 7) is 10.8. The average molecular weight is 292 g/mol. The zero-order chi connectivity index (χ0) is 14.6. The third-order valence-corrected chi connectivity index (χ3v) is 5.49. The first kappa shape index (κ1) is 15.7. The molecule has 20 heavy (non-hydrogen) atoms. The van der Waals surface area contributed by atoms with E-state index in [-0.39, 0.29) is 5.60 Å². The largest absolute Gasteiger partial charge is 0.374 e. The molecule has 0 N–H and O–H groups in total. The molecule has 2 atom stereocenters. The number of ether oxygens (including phenoxy) is 2. The Kier molecular flexibility index (Phi) is 5.05. The van der Waals surface area contributed by atoms with E-state index in [4.69, 9.17) is 9.47 Å². The molecule has 2 rings (SSSR count). The lowest BCUT2D eigenvalue weighted by molar-refractivity contribution is -0.0792. The quantitative estimate of drug-likeness (QED) is 0.720. The summed E-state index contributed by atoms with van der Waals surface area (Å²) in [6.07, 6.45) is 2.76. The maximum Gasteiger partial charge on any atom is 0.0891 e. The second-order valence-corrected chi connectivity index (χ2v) is 13.0. The van der Waals surface area contributed by atoms with E-state index in [1.165, 1.54) is 18.0 Å². The Morgan fingerprint density at radius 1 is 1.25 bits per heavy atom. The Labute approximate surface area is 124 Å². The first-order valence-electron chi connectivity index (χ1n) is 7.66. The summed E-state index contributed by atoms with van der Waals surface area (Å²) < 4.78 is 12.1. The van der Waals surface area contributed by atoms with Crippen LogP contribution in [0, 0.1) is 0 Å². The molecule has 1 aromatic rings. The zero-order valence-electron chi connectivity index (χ0n) is 13.3. The second kappa shape index (κ2) is 6.42. The van der Waals surface area contributed by atoms with E-state index in [9.17, 15) is 0 Å². The Morgan fingerprint density at radius 2 is 1.95 bits per heavy atom. The van der Waals surface area contributed by atoms with Gasteiger partial charge in [0.25, 0.3) is 0 Å². The van der Waals surface area contributed by atoms with Crippen molar-refractivity contribution in [3.8, 4) is 0 Å². The molecule has 1 aromatic carbocycles. The summed E-state index contributed by atoms with van der Waals surface area (Å²) in [4.78, 5) is 0. The minimum atomic E-state index is -1.03. The Bertz CT molecular complexity index is 413. The van der Waals surface area contributed by atoms with Crippen molar-refractivity contribution in [3.05, 3.63) is 35.9 Å². The van der Waals surface area contributed by atoms with Gasteiger partial charge in [-0.1, -0.05) is 50.0 Å². The monoisotopic (exact) mass is 292 g/mol. The minimum Gasteiger partial charge on any atom is -0.374 e. The van der Waals surface area contributed by atoms with Gasteiger partial charge in [0.2, 0.25) is 0 Å². The van der Waals surface area contributed by atoms with E-state index in [0.717, 1.165) is 6.42 Å². The van der Waals surface area contributed by atoms with Crippen LogP contribution in [0.25, 0.3) is 0 Å². The van der Waals surface area contributed by atoms with Crippen LogP contribution in [0.2, 0.25) is 25.7 Å². The van der Waals surface area contributed by atoms with Gasteiger partial charge in [0.15, 0.2) is 0 Å². The van der Waals surface area contributed by atoms with Crippen molar-refractivity contribution < 1.29 is 9.47 Å². The van der Waals surface area contributed by atoms with E-state index in [2.05, 4.69) is 50.8 Å². The molecule has 1 fully saturated rings. The van der Waals surface area contributed by atoms with Gasteiger partial charge in [-0.3, -0.25) is 0 Å². The molecule has 1 aliphatic rings. The van der Waals surface area contributed by atoms with E-state index in [0.29, 0.717) is 19.3 Å². The molecule has 0 aromatic heterocycles. The average Bonchev–Trinajstić information content (AvgIpc) is 2.70. The van der Waals surface area contributed by atoms with Crippen molar-refractivity contribution in [1.29, 1.82) is 0 Å². The van der Waals surface area contributed by atoms with Crippen LogP contribution in [0.4, 0.5) is 0 Å². The number of hydrogen-bond acceptors (Lipinski definition) is 2. The molecular formula is C17H28O2Si. The van der Waals surface area contributed by atoms with Gasteiger partial charge in [0, 0.05) is 8.07 Å². The van der Waals surface area contributed by atoms with Crippen LogP contribution in [-0.2, 0) is 16.1 Å². The second-order valence-electron chi connectivity index (χ2n) is 7.47. The molecule has 1 saturated heterocycles. The lowest BCUT2D eigenvalue weighted by atomic mass is 10.0. The van der Waals surface area contributed by atoms with Crippen molar-refractivity contribution in [3.63, 3.8) is 0 Å². The highest BCUT2D eigenvalue weighted by atomic mass is 28.3. The van der Waals surface area contributed by atoms with Crippen molar-refractivity contribution in [1.82, 2.24) is 0 Å². The topological polar surface area (TPSA) is 18.5 Å². The van der Waals surface area contributed by atoms with E-state index < -0.39 is 8.07 Å². The number of benzene rings is 1. The molecule has 1 heterocycles. The maximum absolute atomic E-state index is 6.27. The molecule has 3 heteroatoms. The van der Waals surface area contributed by atoms with Gasteiger partial charge in [-0.2, -0.15) is 0 Å². The first-order valence-corrected chi connectivity index (χ1v) is 11.4.